The van der Waals surface area contributed by atoms with E-state index in [9.17, 15) is 4.79 Å². The lowest BCUT2D eigenvalue weighted by Crippen LogP contribution is -2.44. The van der Waals surface area contributed by atoms with Crippen LogP contribution >= 0.6 is 0 Å². The average Bonchev–Trinajstić information content (AvgIpc) is 2.64. The number of morpholine rings is 1. The van der Waals surface area contributed by atoms with E-state index in [2.05, 4.69) is 20.2 Å². The number of hydrogen-bond donors (Lipinski definition) is 2. The predicted molar refractivity (Wildman–Crippen MR) is 90.4 cm³/mol. The molecule has 0 aliphatic carbocycles. The highest BCUT2D eigenvalue weighted by molar-refractivity contribution is 5.94. The third kappa shape index (κ3) is 4.06. The molecule has 0 aromatic carbocycles. The Labute approximate surface area is 140 Å². The van der Waals surface area contributed by atoms with Crippen molar-refractivity contribution in [1.29, 1.82) is 0 Å². The second kappa shape index (κ2) is 7.85. The summed E-state index contributed by atoms with van der Waals surface area (Å²) in [6.07, 6.45) is 3.25. The molecule has 1 amide bonds. The number of hydrogen-bond acceptors (Lipinski definition) is 6. The monoisotopic (exact) mass is 327 g/mol. The maximum Gasteiger partial charge on any atom is 0.252 e. The molecule has 0 unspecified atom stereocenters. The summed E-state index contributed by atoms with van der Waals surface area (Å²) in [6.45, 7) is 3.50. The van der Waals surface area contributed by atoms with E-state index in [0.717, 1.165) is 18.8 Å². The van der Waals surface area contributed by atoms with Gasteiger partial charge in [0.2, 0.25) is 0 Å². The number of rotatable bonds is 5. The minimum absolute atomic E-state index is 0.0146. The number of nitrogens with two attached hydrogens (primary N) is 1. The Balaban J connectivity index is 1.69. The molecule has 1 aliphatic heterocycles. The Hall–Kier alpha value is -2.51. The number of aromatic nitrogens is 2. The van der Waals surface area contributed by atoms with E-state index in [1.165, 1.54) is 6.20 Å². The van der Waals surface area contributed by atoms with Gasteiger partial charge in [-0.3, -0.25) is 14.7 Å². The minimum atomic E-state index is -0.170. The second-order valence-electron chi connectivity index (χ2n) is 5.60. The van der Waals surface area contributed by atoms with Crippen molar-refractivity contribution >= 4 is 11.7 Å². The van der Waals surface area contributed by atoms with Crippen molar-refractivity contribution in [3.05, 3.63) is 54.0 Å². The van der Waals surface area contributed by atoms with Crippen molar-refractivity contribution in [2.45, 2.75) is 6.04 Å². The summed E-state index contributed by atoms with van der Waals surface area (Å²) in [5.74, 6) is 0.225. The first-order valence-corrected chi connectivity index (χ1v) is 7.96. The van der Waals surface area contributed by atoms with Gasteiger partial charge in [-0.25, -0.2) is 4.98 Å². The van der Waals surface area contributed by atoms with Crippen molar-refractivity contribution in [3.8, 4) is 0 Å². The zero-order valence-corrected chi connectivity index (χ0v) is 13.4. The summed E-state index contributed by atoms with van der Waals surface area (Å²) in [7, 11) is 0. The highest BCUT2D eigenvalue weighted by atomic mass is 16.5. The molecular formula is C17H21N5O2. The van der Waals surface area contributed by atoms with Crippen molar-refractivity contribution < 1.29 is 9.53 Å². The standard InChI is InChI=1S/C17H21N5O2/c18-16-5-4-13(11-20-16)17(23)21-12-15(14-3-1-2-6-19-14)22-7-9-24-10-8-22/h1-6,11,15H,7-10,12H2,(H2,18,20)(H,21,23)/t15-/m1/s1. The number of pyridine rings is 2. The Morgan fingerprint density at radius 3 is 2.75 bits per heavy atom. The van der Waals surface area contributed by atoms with Crippen molar-refractivity contribution in [1.82, 2.24) is 20.2 Å². The molecule has 1 saturated heterocycles. The molecule has 1 atom stereocenters. The molecule has 3 N–H and O–H groups in total. The second-order valence-corrected chi connectivity index (χ2v) is 5.60. The number of ether oxygens (including phenoxy) is 1. The molecule has 126 valence electrons. The average molecular weight is 327 g/mol. The molecule has 3 rings (SSSR count). The number of anilines is 1. The van der Waals surface area contributed by atoms with Gasteiger partial charge in [0.05, 0.1) is 30.5 Å². The van der Waals surface area contributed by atoms with Crippen LogP contribution in [0, 0.1) is 0 Å². The third-order valence-electron chi connectivity index (χ3n) is 4.02. The van der Waals surface area contributed by atoms with Crippen LogP contribution in [0.15, 0.2) is 42.7 Å². The van der Waals surface area contributed by atoms with Gasteiger partial charge in [0.25, 0.3) is 5.91 Å². The maximum atomic E-state index is 12.3. The van der Waals surface area contributed by atoms with Crippen LogP contribution in [0.1, 0.15) is 22.1 Å². The zero-order valence-electron chi connectivity index (χ0n) is 13.4. The molecule has 2 aromatic rings. The lowest BCUT2D eigenvalue weighted by molar-refractivity contribution is 0.0154. The maximum absolute atomic E-state index is 12.3. The minimum Gasteiger partial charge on any atom is -0.384 e. The summed E-state index contributed by atoms with van der Waals surface area (Å²) in [6, 6.07) is 9.13. The van der Waals surface area contributed by atoms with Crippen LogP contribution in [-0.2, 0) is 4.74 Å². The molecule has 24 heavy (non-hydrogen) atoms. The largest absolute Gasteiger partial charge is 0.384 e. The third-order valence-corrected chi connectivity index (χ3v) is 4.02. The van der Waals surface area contributed by atoms with Crippen LogP contribution in [0.5, 0.6) is 0 Å². The van der Waals surface area contributed by atoms with E-state index in [1.807, 2.05) is 18.2 Å². The SMILES string of the molecule is Nc1ccc(C(=O)NC[C@H](c2ccccn2)N2CCOCC2)cn1. The molecule has 7 heteroatoms. The van der Waals surface area contributed by atoms with Gasteiger partial charge in [-0.05, 0) is 24.3 Å². The van der Waals surface area contributed by atoms with Crippen LogP contribution in [0.4, 0.5) is 5.82 Å². The van der Waals surface area contributed by atoms with E-state index in [1.54, 1.807) is 18.3 Å². The van der Waals surface area contributed by atoms with Gasteiger partial charge in [-0.15, -0.1) is 0 Å². The Bertz CT molecular complexity index is 656. The van der Waals surface area contributed by atoms with Gasteiger partial charge in [0, 0.05) is 32.0 Å². The molecule has 0 saturated carbocycles. The Morgan fingerprint density at radius 1 is 1.25 bits per heavy atom. The van der Waals surface area contributed by atoms with Gasteiger partial charge >= 0.3 is 0 Å². The number of carbonyl (C=O) groups excluding carboxylic acids is 1. The van der Waals surface area contributed by atoms with Crippen molar-refractivity contribution in [3.63, 3.8) is 0 Å². The molecule has 2 aromatic heterocycles. The van der Waals surface area contributed by atoms with Crippen LogP contribution in [-0.4, -0.2) is 53.6 Å². The molecule has 7 nitrogen and oxygen atoms in total. The lowest BCUT2D eigenvalue weighted by Gasteiger charge is -2.34. The quantitative estimate of drug-likeness (QED) is 0.846. The number of nitrogens with zero attached hydrogens (tertiary/aromatic N) is 3. The fourth-order valence-corrected chi connectivity index (χ4v) is 2.71. The topological polar surface area (TPSA) is 93.4 Å². The van der Waals surface area contributed by atoms with Gasteiger partial charge in [-0.2, -0.15) is 0 Å². The number of nitrogen functional groups attached to an aromatic ring is 1. The molecule has 0 bridgehead atoms. The summed E-state index contributed by atoms with van der Waals surface area (Å²) < 4.78 is 5.42. The van der Waals surface area contributed by atoms with Crippen LogP contribution in [0.3, 0.4) is 0 Å². The van der Waals surface area contributed by atoms with Crippen molar-refractivity contribution in [2.75, 3.05) is 38.6 Å². The lowest BCUT2D eigenvalue weighted by atomic mass is 10.1. The smallest absolute Gasteiger partial charge is 0.252 e. The van der Waals surface area contributed by atoms with E-state index in [0.29, 0.717) is 31.1 Å². The normalized spacial score (nSPS) is 16.5. The van der Waals surface area contributed by atoms with Crippen LogP contribution < -0.4 is 11.1 Å². The van der Waals surface area contributed by atoms with Gasteiger partial charge < -0.3 is 15.8 Å². The highest BCUT2D eigenvalue weighted by Crippen LogP contribution is 2.19. The highest BCUT2D eigenvalue weighted by Gasteiger charge is 2.24. The van der Waals surface area contributed by atoms with E-state index in [4.69, 9.17) is 10.5 Å². The van der Waals surface area contributed by atoms with Crippen LogP contribution in [0.25, 0.3) is 0 Å². The molecule has 0 spiro atoms. The number of nitrogens with one attached hydrogen (secondary N) is 1. The predicted octanol–water partition coefficient (Wildman–Crippen LogP) is 0.862. The fraction of sp³-hybridized carbons (Fsp3) is 0.353. The first kappa shape index (κ1) is 16.4. The van der Waals surface area contributed by atoms with E-state index >= 15 is 0 Å². The molecule has 0 radical (unpaired) electrons. The van der Waals surface area contributed by atoms with Gasteiger partial charge in [-0.1, -0.05) is 6.07 Å². The first-order valence-electron chi connectivity index (χ1n) is 7.96. The summed E-state index contributed by atoms with van der Waals surface area (Å²) in [5.41, 5.74) is 6.98. The fourth-order valence-electron chi connectivity index (χ4n) is 2.71. The van der Waals surface area contributed by atoms with Crippen molar-refractivity contribution in [2.24, 2.45) is 0 Å². The molecule has 3 heterocycles. The molecular weight excluding hydrogens is 306 g/mol. The Kier molecular flexibility index (Phi) is 5.35. The van der Waals surface area contributed by atoms with Gasteiger partial charge in [0.1, 0.15) is 5.82 Å². The summed E-state index contributed by atoms with van der Waals surface area (Å²) in [5, 5.41) is 2.97. The molecule has 1 fully saturated rings. The Morgan fingerprint density at radius 2 is 2.08 bits per heavy atom. The van der Waals surface area contributed by atoms with Gasteiger partial charge in [0.15, 0.2) is 0 Å². The van der Waals surface area contributed by atoms with E-state index in [-0.39, 0.29) is 11.9 Å². The zero-order chi connectivity index (χ0) is 16.8. The number of carbonyl (C=O) groups is 1. The summed E-state index contributed by atoms with van der Waals surface area (Å²) >= 11 is 0. The van der Waals surface area contributed by atoms with E-state index < -0.39 is 0 Å². The number of amides is 1. The summed E-state index contributed by atoms with van der Waals surface area (Å²) in [4.78, 5) is 23.0. The van der Waals surface area contributed by atoms with Crippen LogP contribution in [0.2, 0.25) is 0 Å². The molecule has 1 aliphatic rings. The first-order chi connectivity index (χ1) is 11.7.